The molecule has 2 atom stereocenters. The number of nitrogens with zero attached hydrogens (tertiary/aromatic N) is 5. The van der Waals surface area contributed by atoms with Crippen molar-refractivity contribution < 1.29 is 4.74 Å². The third-order valence-electron chi connectivity index (χ3n) is 4.48. The van der Waals surface area contributed by atoms with Crippen molar-refractivity contribution in [2.45, 2.75) is 45.1 Å². The van der Waals surface area contributed by atoms with Crippen LogP contribution in [-0.2, 0) is 0 Å². The molecule has 2 heterocycles. The minimum absolute atomic E-state index is 0.0856. The third-order valence-corrected chi connectivity index (χ3v) is 6.10. The zero-order valence-electron chi connectivity index (χ0n) is 15.6. The number of aromatic nitrogens is 2. The van der Waals surface area contributed by atoms with Gasteiger partial charge >= 0.3 is 0 Å². The maximum absolute atomic E-state index is 8.04. The van der Waals surface area contributed by atoms with Gasteiger partial charge in [-0.2, -0.15) is 0 Å². The number of hydrogen-bond donors (Lipinski definition) is 1. The normalized spacial score (nSPS) is 19.4. The first-order valence-electron chi connectivity index (χ1n) is 8.54. The SMILES string of the molecule is CC=NC(=NC)N1CCC([C@H](C)Oc2nn(C(C)SC)c(=N)s2)CC1. The average Bonchev–Trinajstić information content (AvgIpc) is 2.99. The van der Waals surface area contributed by atoms with Crippen LogP contribution in [0.5, 0.6) is 5.19 Å². The van der Waals surface area contributed by atoms with Crippen LogP contribution in [0.2, 0.25) is 0 Å². The predicted molar refractivity (Wildman–Crippen MR) is 106 cm³/mol. The topological polar surface area (TPSA) is 78.9 Å². The molecule has 1 aliphatic rings. The Morgan fingerprint density at radius 2 is 2.12 bits per heavy atom. The Kier molecular flexibility index (Phi) is 7.49. The van der Waals surface area contributed by atoms with E-state index in [9.17, 15) is 0 Å². The van der Waals surface area contributed by atoms with E-state index in [-0.39, 0.29) is 11.5 Å². The molecule has 0 bridgehead atoms. The Morgan fingerprint density at radius 3 is 2.68 bits per heavy atom. The molecule has 0 radical (unpaired) electrons. The van der Waals surface area contributed by atoms with Gasteiger partial charge in [-0.05, 0) is 57.1 Å². The number of thioether (sulfide) groups is 1. The number of hydrogen-bond acceptors (Lipinski definition) is 6. The zero-order chi connectivity index (χ0) is 18.4. The number of nitrogens with one attached hydrogen (secondary N) is 1. The van der Waals surface area contributed by atoms with Crippen molar-refractivity contribution in [1.82, 2.24) is 14.7 Å². The second-order valence-electron chi connectivity index (χ2n) is 6.01. The predicted octanol–water partition coefficient (Wildman–Crippen LogP) is 2.86. The molecule has 0 amide bonds. The molecular formula is C16H28N6OS2. The highest BCUT2D eigenvalue weighted by atomic mass is 32.2. The monoisotopic (exact) mass is 384 g/mol. The quantitative estimate of drug-likeness (QED) is 0.625. The molecule has 0 aromatic carbocycles. The van der Waals surface area contributed by atoms with E-state index < -0.39 is 0 Å². The Labute approximate surface area is 157 Å². The molecular weight excluding hydrogens is 356 g/mol. The second-order valence-corrected chi connectivity index (χ2v) is 8.10. The summed E-state index contributed by atoms with van der Waals surface area (Å²) in [5.41, 5.74) is 0. The van der Waals surface area contributed by atoms with Gasteiger partial charge in [0.2, 0.25) is 10.8 Å². The second kappa shape index (κ2) is 9.38. The number of likely N-dealkylation sites (tertiary alicyclic amines) is 1. The van der Waals surface area contributed by atoms with Crippen LogP contribution in [0.1, 0.15) is 39.0 Å². The van der Waals surface area contributed by atoms with Gasteiger partial charge < -0.3 is 9.64 Å². The molecule has 1 aromatic heterocycles. The highest BCUT2D eigenvalue weighted by Gasteiger charge is 2.27. The van der Waals surface area contributed by atoms with Crippen LogP contribution in [0, 0.1) is 11.3 Å². The van der Waals surface area contributed by atoms with Crippen molar-refractivity contribution in [1.29, 1.82) is 5.41 Å². The largest absolute Gasteiger partial charge is 0.466 e. The van der Waals surface area contributed by atoms with Crippen molar-refractivity contribution in [3.8, 4) is 5.19 Å². The fraction of sp³-hybridized carbons (Fsp3) is 0.750. The van der Waals surface area contributed by atoms with E-state index in [2.05, 4.69) is 26.9 Å². The van der Waals surface area contributed by atoms with E-state index in [1.165, 1.54) is 11.3 Å². The zero-order valence-corrected chi connectivity index (χ0v) is 17.2. The molecule has 9 heteroatoms. The van der Waals surface area contributed by atoms with E-state index in [1.54, 1.807) is 29.7 Å². The van der Waals surface area contributed by atoms with Crippen LogP contribution in [0.15, 0.2) is 9.98 Å². The minimum atomic E-state index is 0.0856. The minimum Gasteiger partial charge on any atom is -0.466 e. The van der Waals surface area contributed by atoms with Gasteiger partial charge in [0, 0.05) is 26.4 Å². The van der Waals surface area contributed by atoms with E-state index in [0.29, 0.717) is 15.9 Å². The van der Waals surface area contributed by atoms with Crippen molar-refractivity contribution in [2.24, 2.45) is 15.9 Å². The smallest absolute Gasteiger partial charge is 0.294 e. The van der Waals surface area contributed by atoms with Gasteiger partial charge in [-0.1, -0.05) is 0 Å². The van der Waals surface area contributed by atoms with Crippen molar-refractivity contribution in [3.05, 3.63) is 4.80 Å². The lowest BCUT2D eigenvalue weighted by Crippen LogP contribution is -2.41. The molecule has 1 unspecified atom stereocenters. The van der Waals surface area contributed by atoms with E-state index in [4.69, 9.17) is 10.1 Å². The molecule has 1 saturated heterocycles. The summed E-state index contributed by atoms with van der Waals surface area (Å²) in [7, 11) is 1.78. The lowest BCUT2D eigenvalue weighted by Gasteiger charge is -2.34. The lowest BCUT2D eigenvalue weighted by molar-refractivity contribution is 0.107. The Morgan fingerprint density at radius 1 is 1.44 bits per heavy atom. The molecule has 1 fully saturated rings. The van der Waals surface area contributed by atoms with Crippen LogP contribution < -0.4 is 9.54 Å². The molecule has 1 aromatic rings. The van der Waals surface area contributed by atoms with E-state index in [0.717, 1.165) is 31.9 Å². The molecule has 0 aliphatic carbocycles. The molecule has 0 spiro atoms. The summed E-state index contributed by atoms with van der Waals surface area (Å²) in [6.07, 6.45) is 5.97. The first-order chi connectivity index (χ1) is 12.0. The number of ether oxygens (including phenoxy) is 1. The maximum Gasteiger partial charge on any atom is 0.294 e. The number of aliphatic imine (C=N–C) groups is 2. The Hall–Kier alpha value is -1.35. The van der Waals surface area contributed by atoms with Crippen LogP contribution >= 0.6 is 23.1 Å². The summed E-state index contributed by atoms with van der Waals surface area (Å²) in [6.45, 7) is 7.93. The van der Waals surface area contributed by atoms with Gasteiger partial charge in [-0.25, -0.2) is 9.67 Å². The molecule has 25 heavy (non-hydrogen) atoms. The molecule has 1 N–H and O–H groups in total. The Bertz CT molecular complexity index is 660. The number of rotatable bonds is 5. The summed E-state index contributed by atoms with van der Waals surface area (Å²) in [6, 6.07) is 0. The van der Waals surface area contributed by atoms with Crippen molar-refractivity contribution >= 4 is 35.3 Å². The van der Waals surface area contributed by atoms with Gasteiger partial charge in [0.15, 0.2) is 0 Å². The first-order valence-corrected chi connectivity index (χ1v) is 10.6. The van der Waals surface area contributed by atoms with Crippen LogP contribution in [0.25, 0.3) is 0 Å². The maximum atomic E-state index is 8.04. The van der Waals surface area contributed by atoms with Gasteiger partial charge in [0.1, 0.15) is 6.10 Å². The summed E-state index contributed by atoms with van der Waals surface area (Å²) in [4.78, 5) is 11.2. The van der Waals surface area contributed by atoms with Crippen molar-refractivity contribution in [2.75, 3.05) is 26.4 Å². The number of guanidine groups is 1. The van der Waals surface area contributed by atoms with Gasteiger partial charge in [0.05, 0.1) is 5.37 Å². The van der Waals surface area contributed by atoms with Crippen LogP contribution in [0.3, 0.4) is 0 Å². The number of piperidine rings is 1. The van der Waals surface area contributed by atoms with Crippen molar-refractivity contribution in [3.63, 3.8) is 0 Å². The van der Waals surface area contributed by atoms with Gasteiger partial charge in [-0.15, -0.1) is 16.9 Å². The van der Waals surface area contributed by atoms with Crippen LogP contribution in [0.4, 0.5) is 0 Å². The fourth-order valence-electron chi connectivity index (χ4n) is 2.90. The molecule has 2 rings (SSSR count). The summed E-state index contributed by atoms with van der Waals surface area (Å²) in [5, 5.41) is 13.2. The molecule has 1 aliphatic heterocycles. The fourth-order valence-corrected chi connectivity index (χ4v) is 4.10. The lowest BCUT2D eigenvalue weighted by atomic mass is 9.92. The summed E-state index contributed by atoms with van der Waals surface area (Å²) < 4.78 is 7.77. The van der Waals surface area contributed by atoms with Crippen LogP contribution in [-0.4, -0.2) is 59.4 Å². The summed E-state index contributed by atoms with van der Waals surface area (Å²) in [5.74, 6) is 1.28. The summed E-state index contributed by atoms with van der Waals surface area (Å²) >= 11 is 2.97. The Balaban J connectivity index is 1.93. The van der Waals surface area contributed by atoms with Gasteiger partial charge in [0.25, 0.3) is 5.19 Å². The molecule has 0 saturated carbocycles. The average molecular weight is 385 g/mol. The molecule has 7 nitrogen and oxygen atoms in total. The standard InChI is InChI=1S/C16H28N6OS2/c1-6-19-15(18-4)21-9-7-13(8-10-21)11(2)23-16-20-22(12(3)24-5)14(17)25-16/h6,11-13,17H,7-10H2,1-5H3/t11-,12?/m0/s1. The van der Waals surface area contributed by atoms with Gasteiger partial charge in [-0.3, -0.25) is 10.4 Å². The highest BCUT2D eigenvalue weighted by Crippen LogP contribution is 2.26. The van der Waals surface area contributed by atoms with E-state index >= 15 is 0 Å². The first kappa shape index (κ1) is 20.0. The third kappa shape index (κ3) is 5.07. The van der Waals surface area contributed by atoms with E-state index in [1.807, 2.05) is 20.1 Å². The highest BCUT2D eigenvalue weighted by molar-refractivity contribution is 7.98. The molecule has 140 valence electrons.